The van der Waals surface area contributed by atoms with Crippen LogP contribution >= 0.6 is 11.6 Å². The summed E-state index contributed by atoms with van der Waals surface area (Å²) >= 11 is 5.96. The van der Waals surface area contributed by atoms with E-state index in [4.69, 9.17) is 27.5 Å². The lowest BCUT2D eigenvalue weighted by atomic mass is 9.86. The topological polar surface area (TPSA) is 59.1 Å². The zero-order chi connectivity index (χ0) is 14.5. The number of nitrogens with one attached hydrogen (secondary N) is 1. The molecule has 0 aliphatic rings. The van der Waals surface area contributed by atoms with Gasteiger partial charge >= 0.3 is 0 Å². The van der Waals surface area contributed by atoms with E-state index in [1.807, 2.05) is 39.0 Å². The van der Waals surface area contributed by atoms with Crippen molar-refractivity contribution in [2.24, 2.45) is 11.1 Å². The highest BCUT2D eigenvalue weighted by Crippen LogP contribution is 2.23. The molecule has 0 radical (unpaired) electrons. The van der Waals surface area contributed by atoms with Gasteiger partial charge in [0.1, 0.15) is 5.75 Å². The van der Waals surface area contributed by atoms with Crippen molar-refractivity contribution in [3.8, 4) is 5.75 Å². The molecule has 0 amide bonds. The molecule has 1 aromatic carbocycles. The lowest BCUT2D eigenvalue weighted by molar-refractivity contribution is 0.296. The van der Waals surface area contributed by atoms with Crippen molar-refractivity contribution in [3.63, 3.8) is 0 Å². The normalized spacial score (nSPS) is 11.4. The van der Waals surface area contributed by atoms with E-state index in [2.05, 4.69) is 0 Å². The maximum Gasteiger partial charge on any atom is 0.119 e. The van der Waals surface area contributed by atoms with Crippen LogP contribution in [0.2, 0.25) is 5.02 Å². The predicted molar refractivity (Wildman–Crippen MR) is 81.2 cm³/mol. The molecule has 0 aromatic heterocycles. The Hall–Kier alpha value is -1.22. The van der Waals surface area contributed by atoms with Gasteiger partial charge in [-0.05, 0) is 49.9 Å². The second-order valence-corrected chi connectivity index (χ2v) is 5.92. The van der Waals surface area contributed by atoms with Crippen LogP contribution in [0, 0.1) is 17.7 Å². The number of aryl methyl sites for hydroxylation is 1. The molecule has 0 aliphatic carbocycles. The summed E-state index contributed by atoms with van der Waals surface area (Å²) in [5, 5.41) is 8.25. The number of unbranched alkanes of at least 4 members (excludes halogenated alkanes) is 1. The van der Waals surface area contributed by atoms with Crippen LogP contribution in [0.25, 0.3) is 0 Å². The molecule has 19 heavy (non-hydrogen) atoms. The molecule has 1 aromatic rings. The number of halogens is 1. The molecule has 0 aliphatic heterocycles. The largest absolute Gasteiger partial charge is 0.494 e. The van der Waals surface area contributed by atoms with Gasteiger partial charge < -0.3 is 10.5 Å². The quantitative estimate of drug-likeness (QED) is 0.448. The summed E-state index contributed by atoms with van der Waals surface area (Å²) in [6.07, 6.45) is 2.86. The lowest BCUT2D eigenvalue weighted by Crippen LogP contribution is -2.30. The summed E-state index contributed by atoms with van der Waals surface area (Å²) in [6.45, 7) is 6.64. The Balaban J connectivity index is 2.28. The summed E-state index contributed by atoms with van der Waals surface area (Å²) in [5.41, 5.74) is 6.36. The fraction of sp³-hybridized carbons (Fsp3) is 0.533. The average Bonchev–Trinajstić information content (AvgIpc) is 2.33. The summed E-state index contributed by atoms with van der Waals surface area (Å²) in [4.78, 5) is 0. The summed E-state index contributed by atoms with van der Waals surface area (Å²) < 4.78 is 5.67. The van der Waals surface area contributed by atoms with Crippen molar-refractivity contribution in [1.82, 2.24) is 0 Å². The second-order valence-electron chi connectivity index (χ2n) is 5.51. The fourth-order valence-corrected chi connectivity index (χ4v) is 1.82. The molecule has 3 nitrogen and oxygen atoms in total. The first-order chi connectivity index (χ1) is 8.83. The van der Waals surface area contributed by atoms with Crippen LogP contribution in [-0.2, 0) is 0 Å². The van der Waals surface area contributed by atoms with Gasteiger partial charge in [0.15, 0.2) is 0 Å². The average molecular weight is 283 g/mol. The van der Waals surface area contributed by atoms with E-state index in [0.29, 0.717) is 6.61 Å². The van der Waals surface area contributed by atoms with Crippen LogP contribution < -0.4 is 10.5 Å². The van der Waals surface area contributed by atoms with Crippen molar-refractivity contribution < 1.29 is 4.74 Å². The zero-order valence-electron chi connectivity index (χ0n) is 11.9. The Kier molecular flexibility index (Phi) is 5.67. The van der Waals surface area contributed by atoms with Crippen LogP contribution in [-0.4, -0.2) is 12.4 Å². The number of hydrogen-bond acceptors (Lipinski definition) is 2. The zero-order valence-corrected chi connectivity index (χ0v) is 12.7. The Morgan fingerprint density at radius 1 is 1.37 bits per heavy atom. The van der Waals surface area contributed by atoms with Crippen LogP contribution in [0.4, 0.5) is 0 Å². The molecule has 0 fully saturated rings. The summed E-state index contributed by atoms with van der Waals surface area (Å²) in [5.74, 6) is 1.11. The monoisotopic (exact) mass is 282 g/mol. The van der Waals surface area contributed by atoms with Crippen molar-refractivity contribution in [2.75, 3.05) is 6.61 Å². The lowest BCUT2D eigenvalue weighted by Gasteiger charge is -2.22. The Morgan fingerprint density at radius 3 is 2.63 bits per heavy atom. The number of hydrogen-bond donors (Lipinski definition) is 2. The van der Waals surface area contributed by atoms with Gasteiger partial charge in [-0.15, -0.1) is 0 Å². The Morgan fingerprint density at radius 2 is 2.05 bits per heavy atom. The SMILES string of the molecule is Cc1cc(OCCCCC(C)(C)C(=N)N)ccc1Cl. The smallest absolute Gasteiger partial charge is 0.119 e. The first-order valence-corrected chi connectivity index (χ1v) is 6.94. The molecule has 1 rings (SSSR count). The van der Waals surface area contributed by atoms with Gasteiger partial charge in [-0.25, -0.2) is 0 Å². The van der Waals surface area contributed by atoms with E-state index in [0.717, 1.165) is 35.6 Å². The number of ether oxygens (including phenoxy) is 1. The summed E-state index contributed by atoms with van der Waals surface area (Å²) in [6, 6.07) is 5.68. The maximum atomic E-state index is 7.49. The molecule has 0 atom stereocenters. The third kappa shape index (κ3) is 5.11. The van der Waals surface area contributed by atoms with Gasteiger partial charge in [0.25, 0.3) is 0 Å². The Bertz CT molecular complexity index is 444. The van der Waals surface area contributed by atoms with Gasteiger partial charge in [0.2, 0.25) is 0 Å². The van der Waals surface area contributed by atoms with Crippen LogP contribution in [0.1, 0.15) is 38.7 Å². The van der Waals surface area contributed by atoms with E-state index in [1.54, 1.807) is 0 Å². The molecule has 0 bridgehead atoms. The van der Waals surface area contributed by atoms with Crippen molar-refractivity contribution in [2.45, 2.75) is 40.0 Å². The maximum absolute atomic E-state index is 7.49. The predicted octanol–water partition coefficient (Wildman–Crippen LogP) is 4.16. The van der Waals surface area contributed by atoms with Crippen LogP contribution in [0.3, 0.4) is 0 Å². The molecule has 0 heterocycles. The highest BCUT2D eigenvalue weighted by molar-refractivity contribution is 6.31. The third-order valence-electron chi connectivity index (χ3n) is 3.32. The van der Waals surface area contributed by atoms with Gasteiger partial charge in [-0.1, -0.05) is 25.4 Å². The molecule has 3 N–H and O–H groups in total. The fourth-order valence-electron chi connectivity index (χ4n) is 1.70. The van der Waals surface area contributed by atoms with Gasteiger partial charge in [-0.2, -0.15) is 0 Å². The standard InChI is InChI=1S/C15H23ClN2O/c1-11-10-12(6-7-13(11)16)19-9-5-4-8-15(2,3)14(17)18/h6-7,10H,4-5,8-9H2,1-3H3,(H3,17,18). The molecule has 0 saturated heterocycles. The number of amidine groups is 1. The first-order valence-electron chi connectivity index (χ1n) is 6.56. The first kappa shape index (κ1) is 15.8. The van der Waals surface area contributed by atoms with E-state index in [-0.39, 0.29) is 11.3 Å². The Labute approximate surface area is 120 Å². The van der Waals surface area contributed by atoms with E-state index >= 15 is 0 Å². The highest BCUT2D eigenvalue weighted by Gasteiger charge is 2.20. The molecule has 0 unspecified atom stereocenters. The summed E-state index contributed by atoms with van der Waals surface area (Å²) in [7, 11) is 0. The van der Waals surface area contributed by atoms with Gasteiger partial charge in [-0.3, -0.25) is 5.41 Å². The molecular formula is C15H23ClN2O. The molecule has 0 saturated carbocycles. The van der Waals surface area contributed by atoms with Crippen molar-refractivity contribution in [3.05, 3.63) is 28.8 Å². The second kappa shape index (κ2) is 6.80. The highest BCUT2D eigenvalue weighted by atomic mass is 35.5. The van der Waals surface area contributed by atoms with Crippen LogP contribution in [0.5, 0.6) is 5.75 Å². The van der Waals surface area contributed by atoms with Crippen molar-refractivity contribution in [1.29, 1.82) is 5.41 Å². The van der Waals surface area contributed by atoms with E-state index in [9.17, 15) is 0 Å². The van der Waals surface area contributed by atoms with E-state index < -0.39 is 0 Å². The van der Waals surface area contributed by atoms with Crippen LogP contribution in [0.15, 0.2) is 18.2 Å². The molecule has 4 heteroatoms. The van der Waals surface area contributed by atoms with Gasteiger partial charge in [0.05, 0.1) is 12.4 Å². The number of benzene rings is 1. The molecular weight excluding hydrogens is 260 g/mol. The van der Waals surface area contributed by atoms with E-state index in [1.165, 1.54) is 0 Å². The molecule has 0 spiro atoms. The minimum Gasteiger partial charge on any atom is -0.494 e. The minimum atomic E-state index is -0.211. The van der Waals surface area contributed by atoms with Gasteiger partial charge in [0, 0.05) is 10.4 Å². The third-order valence-corrected chi connectivity index (χ3v) is 3.75. The number of rotatable bonds is 7. The van der Waals surface area contributed by atoms with Crippen molar-refractivity contribution >= 4 is 17.4 Å². The molecule has 106 valence electrons. The number of nitrogens with two attached hydrogens (primary N) is 1. The minimum absolute atomic E-state index is 0.211.